The zero-order valence-electron chi connectivity index (χ0n) is 14.5. The summed E-state index contributed by atoms with van der Waals surface area (Å²) in [5.41, 5.74) is -3.69. The summed E-state index contributed by atoms with van der Waals surface area (Å²) in [4.78, 5) is 1.82. The van der Waals surface area contributed by atoms with E-state index in [1.54, 1.807) is 13.8 Å². The van der Waals surface area contributed by atoms with Crippen LogP contribution in [0.4, 0.5) is 26.3 Å². The molecule has 2 rings (SSSR count). The highest BCUT2D eigenvalue weighted by Crippen LogP contribution is 2.43. The van der Waals surface area contributed by atoms with Crippen molar-refractivity contribution in [1.29, 1.82) is 0 Å². The first-order valence-electron chi connectivity index (χ1n) is 8.21. The SMILES string of the molecule is CC(C)(CO)[C@H](c1cc(C(F)(F)F)cc(C(F)(F)F)c1)N1CCNCC1. The molecule has 1 aliphatic rings. The van der Waals surface area contributed by atoms with E-state index in [2.05, 4.69) is 5.32 Å². The molecule has 1 fully saturated rings. The molecule has 0 bridgehead atoms. The number of piperazine rings is 1. The third-order valence-corrected chi connectivity index (χ3v) is 4.59. The smallest absolute Gasteiger partial charge is 0.396 e. The highest BCUT2D eigenvalue weighted by molar-refractivity contribution is 5.36. The van der Waals surface area contributed by atoms with Gasteiger partial charge in [0.25, 0.3) is 0 Å². The van der Waals surface area contributed by atoms with Gasteiger partial charge in [0.1, 0.15) is 0 Å². The van der Waals surface area contributed by atoms with Crippen molar-refractivity contribution in [3.63, 3.8) is 0 Å². The molecule has 0 aliphatic carbocycles. The summed E-state index contributed by atoms with van der Waals surface area (Å²) < 4.78 is 79.1. The van der Waals surface area contributed by atoms with Crippen LogP contribution >= 0.6 is 0 Å². The van der Waals surface area contributed by atoms with E-state index in [0.717, 1.165) is 12.1 Å². The molecule has 148 valence electrons. The Balaban J connectivity index is 2.62. The van der Waals surface area contributed by atoms with Crippen molar-refractivity contribution in [2.24, 2.45) is 5.41 Å². The molecule has 0 saturated carbocycles. The van der Waals surface area contributed by atoms with Gasteiger partial charge in [-0.15, -0.1) is 0 Å². The summed E-state index contributed by atoms with van der Waals surface area (Å²) in [7, 11) is 0. The van der Waals surface area contributed by atoms with Crippen LogP contribution < -0.4 is 5.32 Å². The van der Waals surface area contributed by atoms with Crippen LogP contribution in [0, 0.1) is 5.41 Å². The summed E-state index contributed by atoms with van der Waals surface area (Å²) in [6.45, 7) is 4.96. The van der Waals surface area contributed by atoms with Crippen LogP contribution in [-0.4, -0.2) is 42.8 Å². The lowest BCUT2D eigenvalue weighted by molar-refractivity contribution is -0.143. The number of nitrogens with one attached hydrogen (secondary N) is 1. The third-order valence-electron chi connectivity index (χ3n) is 4.59. The van der Waals surface area contributed by atoms with E-state index in [-0.39, 0.29) is 18.2 Å². The first kappa shape index (κ1) is 21.0. The van der Waals surface area contributed by atoms with E-state index in [9.17, 15) is 31.4 Å². The van der Waals surface area contributed by atoms with Gasteiger partial charge in [-0.05, 0) is 23.8 Å². The van der Waals surface area contributed by atoms with E-state index < -0.39 is 34.9 Å². The molecular formula is C17H22F6N2O. The van der Waals surface area contributed by atoms with Gasteiger partial charge < -0.3 is 10.4 Å². The van der Waals surface area contributed by atoms with Crippen LogP contribution in [0.3, 0.4) is 0 Å². The molecule has 2 N–H and O–H groups in total. The molecule has 26 heavy (non-hydrogen) atoms. The third kappa shape index (κ3) is 4.69. The average Bonchev–Trinajstić information content (AvgIpc) is 2.54. The van der Waals surface area contributed by atoms with Crippen molar-refractivity contribution in [3.8, 4) is 0 Å². The normalized spacial score (nSPS) is 18.8. The summed E-state index contributed by atoms with van der Waals surface area (Å²) in [5.74, 6) is 0. The predicted molar refractivity (Wildman–Crippen MR) is 84.5 cm³/mol. The van der Waals surface area contributed by atoms with E-state index in [1.807, 2.05) is 4.90 Å². The number of alkyl halides is 6. The van der Waals surface area contributed by atoms with Gasteiger partial charge in [0.15, 0.2) is 0 Å². The first-order valence-corrected chi connectivity index (χ1v) is 8.21. The van der Waals surface area contributed by atoms with Crippen molar-refractivity contribution >= 4 is 0 Å². The standard InChI is InChI=1S/C17H22F6N2O/c1-15(2,10-26)14(25-5-3-24-4-6-25)11-7-12(16(18,19)20)9-13(8-11)17(21,22)23/h7-9,14,24,26H,3-6,10H2,1-2H3/t14-/m0/s1. The van der Waals surface area contributed by atoms with Gasteiger partial charge in [-0.25, -0.2) is 0 Å². The number of hydrogen-bond donors (Lipinski definition) is 2. The number of hydrogen-bond acceptors (Lipinski definition) is 3. The summed E-state index contributed by atoms with van der Waals surface area (Å²) in [6.07, 6.45) is -9.79. The van der Waals surface area contributed by atoms with Gasteiger partial charge in [0.2, 0.25) is 0 Å². The first-order chi connectivity index (χ1) is 11.9. The van der Waals surface area contributed by atoms with E-state index >= 15 is 0 Å². The Bertz CT molecular complexity index is 588. The topological polar surface area (TPSA) is 35.5 Å². The molecule has 1 saturated heterocycles. The highest BCUT2D eigenvalue weighted by atomic mass is 19.4. The van der Waals surface area contributed by atoms with Crippen LogP contribution in [-0.2, 0) is 12.4 Å². The van der Waals surface area contributed by atoms with Crippen molar-refractivity contribution in [1.82, 2.24) is 10.2 Å². The molecule has 3 nitrogen and oxygen atoms in total. The number of halogens is 6. The minimum Gasteiger partial charge on any atom is -0.396 e. The van der Waals surface area contributed by atoms with Crippen molar-refractivity contribution in [2.45, 2.75) is 32.2 Å². The maximum absolute atomic E-state index is 13.2. The molecule has 1 heterocycles. The summed E-state index contributed by atoms with van der Waals surface area (Å²) in [6, 6.07) is 0.876. The second-order valence-corrected chi connectivity index (χ2v) is 7.17. The van der Waals surface area contributed by atoms with Gasteiger partial charge in [-0.1, -0.05) is 13.8 Å². The molecule has 0 radical (unpaired) electrons. The molecule has 0 unspecified atom stereocenters. The van der Waals surface area contributed by atoms with Gasteiger partial charge in [0.05, 0.1) is 11.1 Å². The van der Waals surface area contributed by atoms with Gasteiger partial charge >= 0.3 is 12.4 Å². The monoisotopic (exact) mass is 384 g/mol. The fraction of sp³-hybridized carbons (Fsp3) is 0.647. The Morgan fingerprint density at radius 1 is 0.962 bits per heavy atom. The van der Waals surface area contributed by atoms with Crippen LogP contribution in [0.2, 0.25) is 0 Å². The van der Waals surface area contributed by atoms with E-state index in [4.69, 9.17) is 0 Å². The molecule has 1 atom stereocenters. The van der Waals surface area contributed by atoms with Gasteiger partial charge in [-0.3, -0.25) is 4.90 Å². The number of rotatable bonds is 4. The Hall–Kier alpha value is -1.32. The lowest BCUT2D eigenvalue weighted by Gasteiger charge is -2.43. The maximum Gasteiger partial charge on any atom is 0.416 e. The minimum absolute atomic E-state index is 0.0897. The molecule has 1 aromatic carbocycles. The largest absolute Gasteiger partial charge is 0.416 e. The fourth-order valence-corrected chi connectivity index (χ4v) is 3.32. The number of aliphatic hydroxyl groups excluding tert-OH is 1. The predicted octanol–water partition coefficient (Wildman–Crippen LogP) is 3.69. The number of nitrogens with zero attached hydrogens (tertiary/aromatic N) is 1. The van der Waals surface area contributed by atoms with Crippen molar-refractivity contribution in [3.05, 3.63) is 34.9 Å². The molecule has 0 aromatic heterocycles. The van der Waals surface area contributed by atoms with Gasteiger partial charge in [-0.2, -0.15) is 26.3 Å². The van der Waals surface area contributed by atoms with Crippen LogP contribution in [0.15, 0.2) is 18.2 Å². The average molecular weight is 384 g/mol. The highest BCUT2D eigenvalue weighted by Gasteiger charge is 2.41. The minimum atomic E-state index is -4.90. The van der Waals surface area contributed by atoms with Crippen LogP contribution in [0.5, 0.6) is 0 Å². The molecule has 9 heteroatoms. The molecule has 1 aliphatic heterocycles. The Morgan fingerprint density at radius 2 is 1.42 bits per heavy atom. The second-order valence-electron chi connectivity index (χ2n) is 7.17. The summed E-state index contributed by atoms with van der Waals surface area (Å²) in [5, 5.41) is 12.8. The van der Waals surface area contributed by atoms with Crippen molar-refractivity contribution < 1.29 is 31.4 Å². The summed E-state index contributed by atoms with van der Waals surface area (Å²) >= 11 is 0. The quantitative estimate of drug-likeness (QED) is 0.778. The second kappa shape index (κ2) is 7.36. The van der Waals surface area contributed by atoms with Crippen molar-refractivity contribution in [2.75, 3.05) is 32.8 Å². The van der Waals surface area contributed by atoms with E-state index in [0.29, 0.717) is 26.2 Å². The maximum atomic E-state index is 13.2. The molecule has 0 spiro atoms. The van der Waals surface area contributed by atoms with Crippen LogP contribution in [0.25, 0.3) is 0 Å². The number of aliphatic hydroxyl groups is 1. The zero-order chi connectivity index (χ0) is 19.8. The van der Waals surface area contributed by atoms with Gasteiger partial charge in [0, 0.05) is 44.2 Å². The zero-order valence-corrected chi connectivity index (χ0v) is 14.5. The number of benzene rings is 1. The lowest BCUT2D eigenvalue weighted by Crippen LogP contribution is -2.49. The molecular weight excluding hydrogens is 362 g/mol. The Kier molecular flexibility index (Phi) is 5.94. The van der Waals surface area contributed by atoms with E-state index in [1.165, 1.54) is 0 Å². The van der Waals surface area contributed by atoms with Crippen LogP contribution in [0.1, 0.15) is 36.6 Å². The molecule has 1 aromatic rings. The Labute approximate surface area is 148 Å². The Morgan fingerprint density at radius 3 is 1.81 bits per heavy atom. The fourth-order valence-electron chi connectivity index (χ4n) is 3.32. The lowest BCUT2D eigenvalue weighted by atomic mass is 9.79. The molecule has 0 amide bonds.